The van der Waals surface area contributed by atoms with E-state index in [0.29, 0.717) is 23.8 Å². The average molecular weight is 387 g/mol. The standard InChI is InChI=1S/C20H26N4O2S/c1-4-13-26-17-8-6-5-7-16(17)19(25)24-11-9-15(10-12-24)14-18-21-22-20(27-3)23(18)2/h4-8,15H,1,9-14H2,2-3H3. The number of ether oxygens (including phenoxy) is 1. The third kappa shape index (κ3) is 4.53. The van der Waals surface area contributed by atoms with Gasteiger partial charge in [0, 0.05) is 26.6 Å². The number of thioether (sulfide) groups is 1. The highest BCUT2D eigenvalue weighted by molar-refractivity contribution is 7.98. The van der Waals surface area contributed by atoms with Crippen molar-refractivity contribution in [1.29, 1.82) is 0 Å². The second-order valence-electron chi connectivity index (χ2n) is 6.70. The fourth-order valence-electron chi connectivity index (χ4n) is 3.39. The number of hydrogen-bond donors (Lipinski definition) is 0. The summed E-state index contributed by atoms with van der Waals surface area (Å²) < 4.78 is 7.70. The summed E-state index contributed by atoms with van der Waals surface area (Å²) in [7, 11) is 2.01. The van der Waals surface area contributed by atoms with Crippen molar-refractivity contribution in [2.24, 2.45) is 13.0 Å². The highest BCUT2D eigenvalue weighted by atomic mass is 32.2. The summed E-state index contributed by atoms with van der Waals surface area (Å²) in [6.45, 7) is 5.57. The minimum atomic E-state index is 0.0384. The maximum Gasteiger partial charge on any atom is 0.257 e. The molecular weight excluding hydrogens is 360 g/mol. The van der Waals surface area contributed by atoms with Crippen molar-refractivity contribution in [2.45, 2.75) is 24.4 Å². The number of likely N-dealkylation sites (tertiary alicyclic amines) is 1. The number of nitrogens with zero attached hydrogens (tertiary/aromatic N) is 4. The normalized spacial score (nSPS) is 15.0. The molecule has 3 rings (SSSR count). The summed E-state index contributed by atoms with van der Waals surface area (Å²) in [5, 5.41) is 9.46. The molecule has 0 unspecified atom stereocenters. The van der Waals surface area contributed by atoms with Gasteiger partial charge in [-0.2, -0.15) is 0 Å². The Labute approximate surface area is 164 Å². The van der Waals surface area contributed by atoms with Gasteiger partial charge in [-0.1, -0.05) is 36.5 Å². The van der Waals surface area contributed by atoms with E-state index in [4.69, 9.17) is 4.74 Å². The second-order valence-corrected chi connectivity index (χ2v) is 7.47. The Morgan fingerprint density at radius 2 is 2.07 bits per heavy atom. The van der Waals surface area contributed by atoms with Crippen LogP contribution in [-0.2, 0) is 13.5 Å². The van der Waals surface area contributed by atoms with E-state index in [2.05, 4.69) is 21.3 Å². The SMILES string of the molecule is C=CCOc1ccccc1C(=O)N1CCC(Cc2nnc(SC)n2C)CC1. The van der Waals surface area contributed by atoms with Gasteiger partial charge in [-0.3, -0.25) is 4.79 Å². The Balaban J connectivity index is 1.59. The van der Waals surface area contributed by atoms with Crippen molar-refractivity contribution in [3.63, 3.8) is 0 Å². The van der Waals surface area contributed by atoms with Gasteiger partial charge < -0.3 is 14.2 Å². The van der Waals surface area contributed by atoms with Crippen LogP contribution in [0.25, 0.3) is 0 Å². The van der Waals surface area contributed by atoms with Crippen molar-refractivity contribution < 1.29 is 9.53 Å². The minimum absolute atomic E-state index is 0.0384. The van der Waals surface area contributed by atoms with Crippen molar-refractivity contribution in [1.82, 2.24) is 19.7 Å². The number of carbonyl (C=O) groups is 1. The molecule has 6 nitrogen and oxygen atoms in total. The second kappa shape index (κ2) is 9.08. The van der Waals surface area contributed by atoms with Crippen LogP contribution in [0.2, 0.25) is 0 Å². The van der Waals surface area contributed by atoms with Crippen molar-refractivity contribution >= 4 is 17.7 Å². The molecule has 144 valence electrons. The van der Waals surface area contributed by atoms with Crippen LogP contribution in [0.1, 0.15) is 29.0 Å². The van der Waals surface area contributed by atoms with Crippen LogP contribution >= 0.6 is 11.8 Å². The molecule has 0 radical (unpaired) electrons. The lowest BCUT2D eigenvalue weighted by molar-refractivity contribution is 0.0685. The molecule has 0 saturated carbocycles. The fraction of sp³-hybridized carbons (Fsp3) is 0.450. The third-order valence-corrected chi connectivity index (χ3v) is 5.68. The lowest BCUT2D eigenvalue weighted by Crippen LogP contribution is -2.39. The summed E-state index contributed by atoms with van der Waals surface area (Å²) in [5.41, 5.74) is 0.621. The number of piperidine rings is 1. The smallest absolute Gasteiger partial charge is 0.257 e. The molecule has 1 amide bonds. The van der Waals surface area contributed by atoms with Gasteiger partial charge in [-0.15, -0.1) is 10.2 Å². The van der Waals surface area contributed by atoms with E-state index in [1.165, 1.54) is 0 Å². The Bertz CT molecular complexity index is 797. The number of aromatic nitrogens is 3. The Hall–Kier alpha value is -2.28. The Kier molecular flexibility index (Phi) is 6.55. The molecule has 1 aliphatic heterocycles. The molecule has 1 aromatic heterocycles. The predicted octanol–water partition coefficient (Wildman–Crippen LogP) is 3.20. The van der Waals surface area contributed by atoms with Crippen LogP contribution in [0.15, 0.2) is 42.1 Å². The summed E-state index contributed by atoms with van der Waals surface area (Å²) in [5.74, 6) is 2.20. The first-order chi connectivity index (χ1) is 13.1. The zero-order valence-electron chi connectivity index (χ0n) is 15.9. The molecule has 0 aliphatic carbocycles. The van der Waals surface area contributed by atoms with Gasteiger partial charge in [0.15, 0.2) is 5.16 Å². The first kappa shape index (κ1) is 19.5. The van der Waals surface area contributed by atoms with E-state index >= 15 is 0 Å². The highest BCUT2D eigenvalue weighted by Gasteiger charge is 2.26. The van der Waals surface area contributed by atoms with E-state index in [9.17, 15) is 4.79 Å². The fourth-order valence-corrected chi connectivity index (χ4v) is 3.89. The number of benzene rings is 1. The maximum atomic E-state index is 12.9. The zero-order chi connectivity index (χ0) is 19.2. The van der Waals surface area contributed by atoms with Crippen LogP contribution in [-0.4, -0.2) is 51.5 Å². The van der Waals surface area contributed by atoms with Crippen LogP contribution in [0, 0.1) is 5.92 Å². The first-order valence-corrected chi connectivity index (χ1v) is 10.4. The van der Waals surface area contributed by atoms with Gasteiger partial charge in [0.05, 0.1) is 5.56 Å². The summed E-state index contributed by atoms with van der Waals surface area (Å²) in [6, 6.07) is 7.42. The van der Waals surface area contributed by atoms with Crippen LogP contribution in [0.4, 0.5) is 0 Å². The predicted molar refractivity (Wildman–Crippen MR) is 107 cm³/mol. The molecular formula is C20H26N4O2S. The topological polar surface area (TPSA) is 60.2 Å². The number of rotatable bonds is 7. The van der Waals surface area contributed by atoms with Gasteiger partial charge in [0.2, 0.25) is 0 Å². The van der Waals surface area contributed by atoms with Gasteiger partial charge in [0.25, 0.3) is 5.91 Å². The monoisotopic (exact) mass is 386 g/mol. The zero-order valence-corrected chi connectivity index (χ0v) is 16.7. The minimum Gasteiger partial charge on any atom is -0.489 e. The maximum absolute atomic E-state index is 12.9. The number of carbonyl (C=O) groups excluding carboxylic acids is 1. The average Bonchev–Trinajstić information content (AvgIpc) is 3.06. The molecule has 27 heavy (non-hydrogen) atoms. The van der Waals surface area contributed by atoms with E-state index in [0.717, 1.165) is 43.3 Å². The molecule has 1 aliphatic rings. The largest absolute Gasteiger partial charge is 0.489 e. The first-order valence-electron chi connectivity index (χ1n) is 9.18. The molecule has 7 heteroatoms. The number of para-hydroxylation sites is 1. The lowest BCUT2D eigenvalue weighted by Gasteiger charge is -2.32. The molecule has 1 saturated heterocycles. The van der Waals surface area contributed by atoms with Crippen LogP contribution in [0.3, 0.4) is 0 Å². The van der Waals surface area contributed by atoms with Crippen LogP contribution < -0.4 is 4.74 Å². The number of hydrogen-bond acceptors (Lipinski definition) is 5. The molecule has 0 spiro atoms. The van der Waals surface area contributed by atoms with E-state index in [1.807, 2.05) is 42.5 Å². The molecule has 2 heterocycles. The van der Waals surface area contributed by atoms with Crippen LogP contribution in [0.5, 0.6) is 5.75 Å². The number of amides is 1. The van der Waals surface area contributed by atoms with Crippen molar-refractivity contribution in [3.05, 3.63) is 48.3 Å². The highest BCUT2D eigenvalue weighted by Crippen LogP contribution is 2.26. The Morgan fingerprint density at radius 1 is 1.33 bits per heavy atom. The van der Waals surface area contributed by atoms with E-state index < -0.39 is 0 Å². The van der Waals surface area contributed by atoms with E-state index in [1.54, 1.807) is 17.8 Å². The molecule has 1 fully saturated rings. The van der Waals surface area contributed by atoms with Gasteiger partial charge in [-0.25, -0.2) is 0 Å². The molecule has 1 aromatic carbocycles. The summed E-state index contributed by atoms with van der Waals surface area (Å²) >= 11 is 1.61. The molecule has 0 bridgehead atoms. The lowest BCUT2D eigenvalue weighted by atomic mass is 9.93. The van der Waals surface area contributed by atoms with Gasteiger partial charge >= 0.3 is 0 Å². The van der Waals surface area contributed by atoms with E-state index in [-0.39, 0.29) is 5.91 Å². The summed E-state index contributed by atoms with van der Waals surface area (Å²) in [6.07, 6.45) is 6.55. The summed E-state index contributed by atoms with van der Waals surface area (Å²) in [4.78, 5) is 14.9. The van der Waals surface area contributed by atoms with Crippen molar-refractivity contribution in [3.8, 4) is 5.75 Å². The van der Waals surface area contributed by atoms with Gasteiger partial charge in [-0.05, 0) is 37.1 Å². The molecule has 0 atom stereocenters. The molecule has 2 aromatic rings. The Morgan fingerprint density at radius 3 is 2.74 bits per heavy atom. The van der Waals surface area contributed by atoms with Crippen molar-refractivity contribution in [2.75, 3.05) is 26.0 Å². The molecule has 0 N–H and O–H groups in total. The van der Waals surface area contributed by atoms with Gasteiger partial charge in [0.1, 0.15) is 18.2 Å². The third-order valence-electron chi connectivity index (χ3n) is 4.95. The quantitative estimate of drug-likeness (QED) is 0.540.